The van der Waals surface area contributed by atoms with E-state index >= 15 is 0 Å². The maximum atomic E-state index is 13.4. The zero-order valence-electron chi connectivity index (χ0n) is 18.5. The van der Waals surface area contributed by atoms with Crippen LogP contribution in [0.15, 0.2) is 18.2 Å². The lowest BCUT2D eigenvalue weighted by Gasteiger charge is -2.38. The normalized spacial score (nSPS) is 22.3. The van der Waals surface area contributed by atoms with E-state index in [0.29, 0.717) is 6.42 Å². The van der Waals surface area contributed by atoms with Crippen LogP contribution in [0.25, 0.3) is 0 Å². The first-order valence-corrected chi connectivity index (χ1v) is 12.0. The van der Waals surface area contributed by atoms with Crippen molar-refractivity contribution < 1.29 is 9.59 Å². The third-order valence-corrected chi connectivity index (χ3v) is 7.31. The maximum Gasteiger partial charge on any atom is 0.238 e. The largest absolute Gasteiger partial charge is 0.352 e. The average molecular weight is 412 g/mol. The van der Waals surface area contributed by atoms with Crippen LogP contribution in [-0.2, 0) is 17.6 Å². The molecule has 1 aromatic rings. The van der Waals surface area contributed by atoms with E-state index < -0.39 is 0 Å². The molecule has 1 aliphatic heterocycles. The van der Waals surface area contributed by atoms with Crippen molar-refractivity contribution in [3.05, 3.63) is 34.9 Å². The monoisotopic (exact) mass is 411 g/mol. The van der Waals surface area contributed by atoms with E-state index in [1.54, 1.807) is 0 Å². The standard InChI is InChI=1S/C25H37N3O2/c1-27-14-16-28(17-15-27)23(25(30)26-20-10-3-2-4-11-20)18-24(29)22-13-7-9-19-8-5-6-12-21(19)22/h7,9,13,20,23H,2-6,8,10-12,14-18H2,1H3,(H,26,30). The van der Waals surface area contributed by atoms with Crippen molar-refractivity contribution in [2.75, 3.05) is 33.2 Å². The van der Waals surface area contributed by atoms with E-state index in [1.165, 1.54) is 36.8 Å². The Labute approximate surface area is 181 Å². The molecule has 3 aliphatic rings. The molecule has 1 atom stereocenters. The fraction of sp³-hybridized carbons (Fsp3) is 0.680. The molecule has 0 bridgehead atoms. The van der Waals surface area contributed by atoms with Gasteiger partial charge in [0.05, 0.1) is 6.04 Å². The topological polar surface area (TPSA) is 52.7 Å². The van der Waals surface area contributed by atoms with E-state index in [0.717, 1.165) is 63.8 Å². The maximum absolute atomic E-state index is 13.4. The molecule has 1 amide bonds. The molecule has 4 rings (SSSR count). The summed E-state index contributed by atoms with van der Waals surface area (Å²) in [6.45, 7) is 3.59. The van der Waals surface area contributed by atoms with Crippen LogP contribution in [0.2, 0.25) is 0 Å². The zero-order chi connectivity index (χ0) is 20.9. The fourth-order valence-corrected chi connectivity index (χ4v) is 5.39. The highest BCUT2D eigenvalue weighted by molar-refractivity contribution is 6.01. The van der Waals surface area contributed by atoms with Crippen LogP contribution in [-0.4, -0.2) is 66.8 Å². The highest BCUT2D eigenvalue weighted by atomic mass is 16.2. The smallest absolute Gasteiger partial charge is 0.238 e. The number of likely N-dealkylation sites (N-methyl/N-ethyl adjacent to an activating group) is 1. The second-order valence-corrected chi connectivity index (χ2v) is 9.48. The second kappa shape index (κ2) is 10.1. The van der Waals surface area contributed by atoms with Crippen LogP contribution in [0.5, 0.6) is 0 Å². The van der Waals surface area contributed by atoms with Gasteiger partial charge in [0.25, 0.3) is 0 Å². The summed E-state index contributed by atoms with van der Waals surface area (Å²) in [5, 5.41) is 3.30. The molecule has 1 saturated carbocycles. The zero-order valence-corrected chi connectivity index (χ0v) is 18.5. The minimum Gasteiger partial charge on any atom is -0.352 e. The molecule has 1 unspecified atom stereocenters. The van der Waals surface area contributed by atoms with Crippen molar-refractivity contribution in [2.24, 2.45) is 0 Å². The van der Waals surface area contributed by atoms with Gasteiger partial charge in [-0.25, -0.2) is 0 Å². The van der Waals surface area contributed by atoms with Gasteiger partial charge in [-0.05, 0) is 56.7 Å². The lowest BCUT2D eigenvalue weighted by Crippen LogP contribution is -2.56. The number of rotatable bonds is 6. The van der Waals surface area contributed by atoms with Gasteiger partial charge in [-0.2, -0.15) is 0 Å². The third kappa shape index (κ3) is 5.12. The van der Waals surface area contributed by atoms with Gasteiger partial charge in [-0.1, -0.05) is 37.5 Å². The molecule has 5 heteroatoms. The first-order valence-electron chi connectivity index (χ1n) is 12.0. The molecule has 1 saturated heterocycles. The van der Waals surface area contributed by atoms with Crippen LogP contribution in [0.1, 0.15) is 72.9 Å². The molecule has 0 aromatic heterocycles. The fourth-order valence-electron chi connectivity index (χ4n) is 5.39. The van der Waals surface area contributed by atoms with Crippen molar-refractivity contribution >= 4 is 11.7 Å². The first kappa shape index (κ1) is 21.5. The molecule has 164 valence electrons. The molecule has 1 aromatic carbocycles. The Morgan fingerprint density at radius 1 is 1.00 bits per heavy atom. The minimum atomic E-state index is -0.354. The molecular weight excluding hydrogens is 374 g/mol. The number of hydrogen-bond acceptors (Lipinski definition) is 4. The molecule has 2 fully saturated rings. The summed E-state index contributed by atoms with van der Waals surface area (Å²) in [4.78, 5) is 31.3. The number of Topliss-reactive ketones (excluding diaryl/α,β-unsaturated/α-hetero) is 1. The van der Waals surface area contributed by atoms with Crippen LogP contribution < -0.4 is 5.32 Å². The second-order valence-electron chi connectivity index (χ2n) is 9.48. The van der Waals surface area contributed by atoms with Crippen LogP contribution >= 0.6 is 0 Å². The summed E-state index contributed by atoms with van der Waals surface area (Å²) < 4.78 is 0. The Morgan fingerprint density at radius 2 is 1.73 bits per heavy atom. The molecule has 1 N–H and O–H groups in total. The van der Waals surface area contributed by atoms with Gasteiger partial charge >= 0.3 is 0 Å². The van der Waals surface area contributed by atoms with Gasteiger partial charge in [0.15, 0.2) is 5.78 Å². The number of nitrogens with zero attached hydrogens (tertiary/aromatic N) is 2. The molecule has 1 heterocycles. The summed E-state index contributed by atoms with van der Waals surface area (Å²) in [5.41, 5.74) is 3.42. The summed E-state index contributed by atoms with van der Waals surface area (Å²) in [6.07, 6.45) is 10.5. The van der Waals surface area contributed by atoms with Crippen molar-refractivity contribution in [3.8, 4) is 0 Å². The lowest BCUT2D eigenvalue weighted by atomic mass is 9.85. The highest BCUT2D eigenvalue weighted by Gasteiger charge is 2.32. The van der Waals surface area contributed by atoms with Crippen molar-refractivity contribution in [1.29, 1.82) is 0 Å². The van der Waals surface area contributed by atoms with E-state index in [4.69, 9.17) is 0 Å². The number of nitrogens with one attached hydrogen (secondary N) is 1. The number of benzene rings is 1. The quantitative estimate of drug-likeness (QED) is 0.731. The van der Waals surface area contributed by atoms with Crippen molar-refractivity contribution in [3.63, 3.8) is 0 Å². The molecule has 0 radical (unpaired) electrons. The van der Waals surface area contributed by atoms with Crippen molar-refractivity contribution in [2.45, 2.75) is 76.3 Å². The predicted molar refractivity (Wildman–Crippen MR) is 120 cm³/mol. The van der Waals surface area contributed by atoms with E-state index in [9.17, 15) is 9.59 Å². The number of ketones is 1. The van der Waals surface area contributed by atoms with Gasteiger partial charge < -0.3 is 10.2 Å². The van der Waals surface area contributed by atoms with E-state index in [2.05, 4.69) is 28.2 Å². The Morgan fingerprint density at radius 3 is 2.50 bits per heavy atom. The van der Waals surface area contributed by atoms with Crippen LogP contribution in [0.4, 0.5) is 0 Å². The number of carbonyl (C=O) groups excluding carboxylic acids is 2. The third-order valence-electron chi connectivity index (χ3n) is 7.31. The summed E-state index contributed by atoms with van der Waals surface area (Å²) in [7, 11) is 2.12. The minimum absolute atomic E-state index is 0.0598. The molecule has 2 aliphatic carbocycles. The number of piperazine rings is 1. The highest BCUT2D eigenvalue weighted by Crippen LogP contribution is 2.26. The van der Waals surface area contributed by atoms with Gasteiger partial charge in [0.1, 0.15) is 0 Å². The van der Waals surface area contributed by atoms with E-state index in [1.807, 2.05) is 12.1 Å². The lowest BCUT2D eigenvalue weighted by molar-refractivity contribution is -0.128. The number of amides is 1. The number of hydrogen-bond donors (Lipinski definition) is 1. The number of fused-ring (bicyclic) bond motifs is 1. The summed E-state index contributed by atoms with van der Waals surface area (Å²) in [6, 6.07) is 6.09. The average Bonchev–Trinajstić information content (AvgIpc) is 2.78. The summed E-state index contributed by atoms with van der Waals surface area (Å²) >= 11 is 0. The molecular formula is C25H37N3O2. The summed E-state index contributed by atoms with van der Waals surface area (Å²) in [5.74, 6) is 0.195. The molecule has 30 heavy (non-hydrogen) atoms. The van der Waals surface area contributed by atoms with Crippen LogP contribution in [0.3, 0.4) is 0 Å². The number of aryl methyl sites for hydroxylation is 1. The SMILES string of the molecule is CN1CCN(C(CC(=O)c2cccc3c2CCCC3)C(=O)NC2CCCCC2)CC1. The predicted octanol–water partition coefficient (Wildman–Crippen LogP) is 3.20. The Balaban J connectivity index is 1.50. The molecule has 5 nitrogen and oxygen atoms in total. The molecule has 0 spiro atoms. The Kier molecular flexibility index (Phi) is 7.21. The van der Waals surface area contributed by atoms with Crippen LogP contribution in [0, 0.1) is 0 Å². The first-order chi connectivity index (χ1) is 14.6. The van der Waals surface area contributed by atoms with Crippen molar-refractivity contribution in [1.82, 2.24) is 15.1 Å². The number of carbonyl (C=O) groups is 2. The Hall–Kier alpha value is -1.72. The van der Waals surface area contributed by atoms with Gasteiger partial charge in [-0.3, -0.25) is 14.5 Å². The van der Waals surface area contributed by atoms with Gasteiger partial charge in [-0.15, -0.1) is 0 Å². The van der Waals surface area contributed by atoms with E-state index in [-0.39, 0.29) is 23.8 Å². The Bertz CT molecular complexity index is 749. The van der Waals surface area contributed by atoms with Gasteiger partial charge in [0.2, 0.25) is 5.91 Å². The van der Waals surface area contributed by atoms with Gasteiger partial charge in [0, 0.05) is 44.2 Å².